The summed E-state index contributed by atoms with van der Waals surface area (Å²) in [7, 11) is 3.12. The van der Waals surface area contributed by atoms with Gasteiger partial charge in [0.2, 0.25) is 5.95 Å². The molecule has 0 aliphatic carbocycles. The first-order chi connectivity index (χ1) is 16.8. The summed E-state index contributed by atoms with van der Waals surface area (Å²) < 4.78 is 12.2. The number of rotatable bonds is 8. The zero-order valence-corrected chi connectivity index (χ0v) is 20.7. The molecule has 0 aliphatic heterocycles. The van der Waals surface area contributed by atoms with Crippen molar-refractivity contribution >= 4 is 23.3 Å². The molecule has 1 N–H and O–H groups in total. The highest BCUT2D eigenvalue weighted by Gasteiger charge is 2.23. The lowest BCUT2D eigenvalue weighted by atomic mass is 10.1. The van der Waals surface area contributed by atoms with Crippen LogP contribution in [0.25, 0.3) is 16.8 Å². The van der Waals surface area contributed by atoms with E-state index in [2.05, 4.69) is 25.4 Å². The second-order valence-corrected chi connectivity index (χ2v) is 8.52. The van der Waals surface area contributed by atoms with E-state index >= 15 is 0 Å². The number of methoxy groups -OCH3 is 2. The summed E-state index contributed by atoms with van der Waals surface area (Å²) in [5.74, 6) is 1.70. The van der Waals surface area contributed by atoms with Crippen molar-refractivity contribution in [3.8, 4) is 22.8 Å². The van der Waals surface area contributed by atoms with Crippen LogP contribution in [0.3, 0.4) is 0 Å². The molecule has 4 aromatic rings. The van der Waals surface area contributed by atoms with Crippen LogP contribution in [0.2, 0.25) is 0 Å². The molecule has 0 atom stereocenters. The summed E-state index contributed by atoms with van der Waals surface area (Å²) >= 11 is 0. The van der Waals surface area contributed by atoms with Gasteiger partial charge in [0, 0.05) is 35.6 Å². The maximum Gasteiger partial charge on any atom is 0.272 e. The van der Waals surface area contributed by atoms with Gasteiger partial charge in [0.15, 0.2) is 11.4 Å². The standard InChI is InChI=1S/C25H29N7O3/c1-15(2)32(16(3)4)24(33)19-8-7-9-21(27-19)28-25-29-22-11-10-17(14-31(22)30-25)18-12-20(34-5)23(35-6)26-13-18/h7-16H,1-6H3,(H,27,28,30). The molecule has 0 bridgehead atoms. The van der Waals surface area contributed by atoms with Gasteiger partial charge in [-0.1, -0.05) is 6.07 Å². The van der Waals surface area contributed by atoms with Crippen molar-refractivity contribution in [3.05, 3.63) is 54.5 Å². The summed E-state index contributed by atoms with van der Waals surface area (Å²) in [6, 6.07) is 11.1. The van der Waals surface area contributed by atoms with Gasteiger partial charge in [0.25, 0.3) is 11.8 Å². The first-order valence-corrected chi connectivity index (χ1v) is 11.3. The lowest BCUT2D eigenvalue weighted by molar-refractivity contribution is 0.0637. The number of fused-ring (bicyclic) bond motifs is 1. The van der Waals surface area contributed by atoms with E-state index in [4.69, 9.17) is 9.47 Å². The number of hydrogen-bond acceptors (Lipinski definition) is 8. The van der Waals surface area contributed by atoms with E-state index in [1.54, 1.807) is 48.0 Å². The van der Waals surface area contributed by atoms with Crippen LogP contribution in [-0.4, -0.2) is 61.7 Å². The number of carbonyl (C=O) groups excluding carboxylic acids is 1. The predicted octanol–water partition coefficient (Wildman–Crippen LogP) is 4.21. The number of ether oxygens (including phenoxy) is 2. The highest BCUT2D eigenvalue weighted by molar-refractivity contribution is 5.93. The van der Waals surface area contributed by atoms with Gasteiger partial charge in [0.05, 0.1) is 14.2 Å². The molecule has 35 heavy (non-hydrogen) atoms. The number of carbonyl (C=O) groups is 1. The Bertz CT molecular complexity index is 1340. The first kappa shape index (κ1) is 23.9. The Labute approximate surface area is 203 Å². The average Bonchev–Trinajstić information content (AvgIpc) is 3.24. The number of pyridine rings is 3. The lowest BCUT2D eigenvalue weighted by Gasteiger charge is -2.30. The Morgan fingerprint density at radius 1 is 1.00 bits per heavy atom. The third kappa shape index (κ3) is 5.01. The van der Waals surface area contributed by atoms with E-state index in [1.807, 2.05) is 52.1 Å². The smallest absolute Gasteiger partial charge is 0.272 e. The van der Waals surface area contributed by atoms with E-state index in [0.717, 1.165) is 11.1 Å². The molecular weight excluding hydrogens is 446 g/mol. The van der Waals surface area contributed by atoms with E-state index in [0.29, 0.717) is 34.7 Å². The van der Waals surface area contributed by atoms with Crippen LogP contribution in [0, 0.1) is 0 Å². The second kappa shape index (κ2) is 9.96. The zero-order chi connectivity index (χ0) is 25.1. The molecule has 0 aliphatic rings. The molecule has 1 amide bonds. The summed E-state index contributed by atoms with van der Waals surface area (Å²) in [5.41, 5.74) is 2.75. The van der Waals surface area contributed by atoms with Crippen LogP contribution in [0.5, 0.6) is 11.6 Å². The van der Waals surface area contributed by atoms with Crippen molar-refractivity contribution in [1.82, 2.24) is 29.5 Å². The van der Waals surface area contributed by atoms with Gasteiger partial charge >= 0.3 is 0 Å². The second-order valence-electron chi connectivity index (χ2n) is 8.52. The quantitative estimate of drug-likeness (QED) is 0.404. The topological polar surface area (TPSA) is 107 Å². The molecule has 182 valence electrons. The Morgan fingerprint density at radius 3 is 2.46 bits per heavy atom. The molecule has 0 saturated heterocycles. The molecule has 0 radical (unpaired) electrons. The Balaban J connectivity index is 1.58. The number of nitrogens with one attached hydrogen (secondary N) is 1. The summed E-state index contributed by atoms with van der Waals surface area (Å²) in [4.78, 5) is 28.1. The fourth-order valence-electron chi connectivity index (χ4n) is 3.93. The molecular formula is C25H29N7O3. The van der Waals surface area contributed by atoms with Crippen molar-refractivity contribution in [3.63, 3.8) is 0 Å². The normalized spacial score (nSPS) is 11.2. The van der Waals surface area contributed by atoms with Crippen LogP contribution in [0.4, 0.5) is 11.8 Å². The molecule has 4 rings (SSSR count). The summed E-state index contributed by atoms with van der Waals surface area (Å²) in [5, 5.41) is 7.62. The van der Waals surface area contributed by atoms with E-state index in [1.165, 1.54) is 0 Å². The van der Waals surface area contributed by atoms with Crippen LogP contribution in [-0.2, 0) is 0 Å². The minimum absolute atomic E-state index is 0.0658. The Hall–Kier alpha value is -4.21. The third-order valence-electron chi connectivity index (χ3n) is 5.45. The maximum atomic E-state index is 13.0. The molecule has 0 saturated carbocycles. The highest BCUT2D eigenvalue weighted by Crippen LogP contribution is 2.30. The van der Waals surface area contributed by atoms with Crippen molar-refractivity contribution in [2.75, 3.05) is 19.5 Å². The van der Waals surface area contributed by atoms with Crippen molar-refractivity contribution < 1.29 is 14.3 Å². The zero-order valence-electron chi connectivity index (χ0n) is 20.7. The number of anilines is 2. The molecule has 4 heterocycles. The largest absolute Gasteiger partial charge is 0.491 e. The average molecular weight is 476 g/mol. The molecule has 0 fully saturated rings. The Kier molecular flexibility index (Phi) is 6.81. The number of nitrogens with zero attached hydrogens (tertiary/aromatic N) is 6. The van der Waals surface area contributed by atoms with Crippen LogP contribution < -0.4 is 14.8 Å². The predicted molar refractivity (Wildman–Crippen MR) is 133 cm³/mol. The van der Waals surface area contributed by atoms with E-state index < -0.39 is 0 Å². The van der Waals surface area contributed by atoms with Gasteiger partial charge in [-0.15, -0.1) is 5.10 Å². The van der Waals surface area contributed by atoms with Gasteiger partial charge in [-0.2, -0.15) is 4.98 Å². The monoisotopic (exact) mass is 475 g/mol. The Morgan fingerprint density at radius 2 is 1.77 bits per heavy atom. The maximum absolute atomic E-state index is 13.0. The number of hydrogen-bond donors (Lipinski definition) is 1. The lowest BCUT2D eigenvalue weighted by Crippen LogP contribution is -2.42. The summed E-state index contributed by atoms with van der Waals surface area (Å²) in [6.45, 7) is 7.97. The van der Waals surface area contributed by atoms with Gasteiger partial charge in [0.1, 0.15) is 11.5 Å². The third-order valence-corrected chi connectivity index (χ3v) is 5.45. The van der Waals surface area contributed by atoms with Crippen LogP contribution >= 0.6 is 0 Å². The van der Waals surface area contributed by atoms with Crippen molar-refractivity contribution in [2.45, 2.75) is 39.8 Å². The minimum Gasteiger partial charge on any atom is -0.491 e. The molecule has 10 nitrogen and oxygen atoms in total. The highest BCUT2D eigenvalue weighted by atomic mass is 16.5. The molecule has 10 heteroatoms. The molecule has 0 aromatic carbocycles. The van der Waals surface area contributed by atoms with Gasteiger partial charge in [-0.3, -0.25) is 4.79 Å². The first-order valence-electron chi connectivity index (χ1n) is 11.3. The van der Waals surface area contributed by atoms with E-state index in [-0.39, 0.29) is 18.0 Å². The van der Waals surface area contributed by atoms with Gasteiger partial charge < -0.3 is 19.7 Å². The SMILES string of the molecule is COc1cc(-c2ccc3nc(Nc4cccc(C(=O)N(C(C)C)C(C)C)n4)nn3c2)cnc1OC. The fraction of sp³-hybridized carbons (Fsp3) is 0.320. The molecule has 0 spiro atoms. The van der Waals surface area contributed by atoms with Crippen molar-refractivity contribution in [1.29, 1.82) is 0 Å². The fourth-order valence-corrected chi connectivity index (χ4v) is 3.93. The van der Waals surface area contributed by atoms with Gasteiger partial charge in [-0.05, 0) is 58.0 Å². The van der Waals surface area contributed by atoms with Crippen molar-refractivity contribution in [2.24, 2.45) is 0 Å². The summed E-state index contributed by atoms with van der Waals surface area (Å²) in [6.07, 6.45) is 3.57. The van der Waals surface area contributed by atoms with Crippen LogP contribution in [0.15, 0.2) is 48.8 Å². The van der Waals surface area contributed by atoms with E-state index in [9.17, 15) is 4.79 Å². The van der Waals surface area contributed by atoms with Crippen LogP contribution in [0.1, 0.15) is 38.2 Å². The minimum atomic E-state index is -0.116. The van der Waals surface area contributed by atoms with Gasteiger partial charge in [-0.25, -0.2) is 14.5 Å². The number of amides is 1. The molecule has 0 unspecified atom stereocenters. The number of aromatic nitrogens is 5. The molecule has 4 aromatic heterocycles.